The molecule has 0 spiro atoms. The molecule has 1 amide bonds. The molecule has 4 heteroatoms. The SMILES string of the molecule is C[C@@H]1C[C@@H](C)C[NH+](CC(=O)Nc2cccc(Br)c2)C1. The van der Waals surface area contributed by atoms with Crippen LogP contribution in [0.2, 0.25) is 0 Å². The third kappa shape index (κ3) is 4.62. The molecule has 1 fully saturated rings. The lowest BCUT2D eigenvalue weighted by Crippen LogP contribution is -3.15. The summed E-state index contributed by atoms with van der Waals surface area (Å²) in [6, 6.07) is 7.72. The molecule has 19 heavy (non-hydrogen) atoms. The van der Waals surface area contributed by atoms with Crippen LogP contribution in [-0.4, -0.2) is 25.5 Å². The van der Waals surface area contributed by atoms with Crippen LogP contribution < -0.4 is 10.2 Å². The Bertz CT molecular complexity index is 440. The van der Waals surface area contributed by atoms with Gasteiger partial charge in [-0.25, -0.2) is 0 Å². The monoisotopic (exact) mass is 325 g/mol. The first-order chi connectivity index (χ1) is 9.02. The zero-order chi connectivity index (χ0) is 13.8. The fraction of sp³-hybridized carbons (Fsp3) is 0.533. The van der Waals surface area contributed by atoms with Gasteiger partial charge in [0.1, 0.15) is 0 Å². The minimum absolute atomic E-state index is 0.106. The smallest absolute Gasteiger partial charge is 0.279 e. The van der Waals surface area contributed by atoms with Crippen molar-refractivity contribution in [3.8, 4) is 0 Å². The molecule has 2 atom stereocenters. The van der Waals surface area contributed by atoms with E-state index in [1.807, 2.05) is 24.3 Å². The van der Waals surface area contributed by atoms with Crippen LogP contribution in [0, 0.1) is 11.8 Å². The van der Waals surface area contributed by atoms with E-state index in [1.165, 1.54) is 11.3 Å². The predicted molar refractivity (Wildman–Crippen MR) is 81.3 cm³/mol. The first-order valence-electron chi connectivity index (χ1n) is 6.92. The maximum atomic E-state index is 12.1. The van der Waals surface area contributed by atoms with Gasteiger partial charge in [-0.05, 0) is 24.6 Å². The lowest BCUT2D eigenvalue weighted by molar-refractivity contribution is -0.904. The summed E-state index contributed by atoms with van der Waals surface area (Å²) in [4.78, 5) is 13.5. The maximum absolute atomic E-state index is 12.1. The van der Waals surface area contributed by atoms with Crippen LogP contribution in [0.25, 0.3) is 0 Å². The Morgan fingerprint density at radius 1 is 1.37 bits per heavy atom. The normalized spacial score (nSPS) is 27.0. The van der Waals surface area contributed by atoms with Gasteiger partial charge >= 0.3 is 0 Å². The van der Waals surface area contributed by atoms with Crippen LogP contribution in [-0.2, 0) is 4.79 Å². The van der Waals surface area contributed by atoms with E-state index < -0.39 is 0 Å². The van der Waals surface area contributed by atoms with Crippen molar-refractivity contribution in [2.45, 2.75) is 20.3 Å². The number of piperidine rings is 1. The third-order valence-electron chi connectivity index (χ3n) is 3.60. The molecule has 3 nitrogen and oxygen atoms in total. The van der Waals surface area contributed by atoms with Crippen molar-refractivity contribution in [3.05, 3.63) is 28.7 Å². The largest absolute Gasteiger partial charge is 0.327 e. The highest BCUT2D eigenvalue weighted by Crippen LogP contribution is 2.15. The van der Waals surface area contributed by atoms with Gasteiger partial charge in [-0.2, -0.15) is 0 Å². The third-order valence-corrected chi connectivity index (χ3v) is 4.09. The Labute approximate surface area is 123 Å². The number of carbonyl (C=O) groups is 1. The highest BCUT2D eigenvalue weighted by atomic mass is 79.9. The molecule has 0 bridgehead atoms. The molecule has 1 aliphatic rings. The summed E-state index contributed by atoms with van der Waals surface area (Å²) < 4.78 is 0.984. The Morgan fingerprint density at radius 2 is 2.05 bits per heavy atom. The van der Waals surface area contributed by atoms with Crippen molar-refractivity contribution in [3.63, 3.8) is 0 Å². The average Bonchev–Trinajstić information content (AvgIpc) is 2.26. The van der Waals surface area contributed by atoms with E-state index >= 15 is 0 Å². The van der Waals surface area contributed by atoms with Gasteiger partial charge in [0, 0.05) is 22.0 Å². The van der Waals surface area contributed by atoms with E-state index in [0.29, 0.717) is 6.54 Å². The summed E-state index contributed by atoms with van der Waals surface area (Å²) in [7, 11) is 0. The van der Waals surface area contributed by atoms with Crippen LogP contribution in [0.4, 0.5) is 5.69 Å². The number of quaternary nitrogens is 1. The Kier molecular flexibility index (Phi) is 4.99. The van der Waals surface area contributed by atoms with Gasteiger partial charge in [0.15, 0.2) is 6.54 Å². The number of carbonyl (C=O) groups excluding carboxylic acids is 1. The van der Waals surface area contributed by atoms with Crippen molar-refractivity contribution in [2.75, 3.05) is 25.0 Å². The summed E-state index contributed by atoms with van der Waals surface area (Å²) in [5.41, 5.74) is 0.858. The molecule has 1 aromatic rings. The van der Waals surface area contributed by atoms with Gasteiger partial charge in [-0.3, -0.25) is 4.79 Å². The van der Waals surface area contributed by atoms with Crippen LogP contribution in [0.3, 0.4) is 0 Å². The van der Waals surface area contributed by atoms with Crippen LogP contribution in [0.1, 0.15) is 20.3 Å². The molecule has 1 heterocycles. The number of hydrogen-bond acceptors (Lipinski definition) is 1. The van der Waals surface area contributed by atoms with Crippen molar-refractivity contribution in [1.29, 1.82) is 0 Å². The van der Waals surface area contributed by atoms with E-state index in [1.54, 1.807) is 0 Å². The van der Waals surface area contributed by atoms with Crippen LogP contribution in [0.15, 0.2) is 28.7 Å². The van der Waals surface area contributed by atoms with Gasteiger partial charge < -0.3 is 10.2 Å². The molecule has 0 unspecified atom stereocenters. The number of rotatable bonds is 3. The summed E-state index contributed by atoms with van der Waals surface area (Å²) in [6.07, 6.45) is 1.29. The minimum Gasteiger partial charge on any atom is -0.327 e. The second-order valence-corrected chi connectivity index (χ2v) is 6.76. The fourth-order valence-electron chi connectivity index (χ4n) is 3.07. The van der Waals surface area contributed by atoms with Crippen LogP contribution >= 0.6 is 15.9 Å². The quantitative estimate of drug-likeness (QED) is 0.875. The second-order valence-electron chi connectivity index (χ2n) is 5.84. The molecule has 1 saturated heterocycles. The van der Waals surface area contributed by atoms with Gasteiger partial charge in [-0.15, -0.1) is 0 Å². The number of nitrogens with one attached hydrogen (secondary N) is 2. The first-order valence-corrected chi connectivity index (χ1v) is 7.71. The summed E-state index contributed by atoms with van der Waals surface area (Å²) in [5, 5.41) is 2.97. The Balaban J connectivity index is 1.87. The van der Waals surface area contributed by atoms with E-state index in [2.05, 4.69) is 35.1 Å². The summed E-state index contributed by atoms with van der Waals surface area (Å²) in [6.45, 7) is 7.34. The molecule has 0 aliphatic carbocycles. The summed E-state index contributed by atoms with van der Waals surface area (Å²) in [5.74, 6) is 1.55. The van der Waals surface area contributed by atoms with Crippen LogP contribution in [0.5, 0.6) is 0 Å². The average molecular weight is 326 g/mol. The molecule has 1 aliphatic heterocycles. The van der Waals surface area contributed by atoms with Crippen molar-refractivity contribution in [1.82, 2.24) is 0 Å². The maximum Gasteiger partial charge on any atom is 0.279 e. The number of halogens is 1. The molecule has 0 radical (unpaired) electrons. The van der Waals surface area contributed by atoms with Gasteiger partial charge in [0.2, 0.25) is 0 Å². The van der Waals surface area contributed by atoms with Crippen molar-refractivity contribution >= 4 is 27.5 Å². The highest BCUT2D eigenvalue weighted by Gasteiger charge is 2.26. The molecule has 0 aromatic heterocycles. The predicted octanol–water partition coefficient (Wildman–Crippen LogP) is 1.95. The zero-order valence-corrected chi connectivity index (χ0v) is 13.2. The molecular weight excluding hydrogens is 304 g/mol. The topological polar surface area (TPSA) is 33.5 Å². The fourth-order valence-corrected chi connectivity index (χ4v) is 3.46. The molecule has 2 rings (SSSR count). The summed E-state index contributed by atoms with van der Waals surface area (Å²) >= 11 is 3.41. The van der Waals surface area contributed by atoms with Crippen molar-refractivity contribution in [2.24, 2.45) is 11.8 Å². The standard InChI is InChI=1S/C15H21BrN2O/c1-11-6-12(2)9-18(8-11)10-15(19)17-14-5-3-4-13(16)7-14/h3-5,7,11-12H,6,8-10H2,1-2H3,(H,17,19)/p+1/t11-,12-/m1/s1. The van der Waals surface area contributed by atoms with Gasteiger partial charge in [0.05, 0.1) is 13.1 Å². The molecule has 1 aromatic carbocycles. The Morgan fingerprint density at radius 3 is 2.68 bits per heavy atom. The number of anilines is 1. The highest BCUT2D eigenvalue weighted by molar-refractivity contribution is 9.10. The Hall–Kier alpha value is -0.870. The number of likely N-dealkylation sites (tertiary alicyclic amines) is 1. The molecule has 0 saturated carbocycles. The first kappa shape index (κ1) is 14.5. The van der Waals surface area contributed by atoms with Gasteiger partial charge in [-0.1, -0.05) is 35.8 Å². The minimum atomic E-state index is 0.106. The lowest BCUT2D eigenvalue weighted by Gasteiger charge is -2.31. The number of hydrogen-bond donors (Lipinski definition) is 2. The van der Waals surface area contributed by atoms with Gasteiger partial charge in [0.25, 0.3) is 5.91 Å². The number of amides is 1. The zero-order valence-electron chi connectivity index (χ0n) is 11.6. The number of benzene rings is 1. The molecule has 104 valence electrons. The van der Waals surface area contributed by atoms with Crippen molar-refractivity contribution < 1.29 is 9.69 Å². The van der Waals surface area contributed by atoms with E-state index in [9.17, 15) is 4.79 Å². The molecule has 2 N–H and O–H groups in total. The van der Waals surface area contributed by atoms with E-state index in [-0.39, 0.29) is 5.91 Å². The lowest BCUT2D eigenvalue weighted by atomic mass is 9.92. The van der Waals surface area contributed by atoms with E-state index in [4.69, 9.17) is 0 Å². The van der Waals surface area contributed by atoms with E-state index in [0.717, 1.165) is 35.1 Å². The second kappa shape index (κ2) is 6.53. The molecular formula is C15H22BrN2O+.